The van der Waals surface area contributed by atoms with Crippen LogP contribution in [-0.4, -0.2) is 27.3 Å². The zero-order valence-electron chi connectivity index (χ0n) is 16.4. The van der Waals surface area contributed by atoms with Crippen LogP contribution >= 0.6 is 23.2 Å². The first-order valence-corrected chi connectivity index (χ1v) is 11.3. The van der Waals surface area contributed by atoms with Crippen LogP contribution in [0, 0.1) is 5.82 Å². The van der Waals surface area contributed by atoms with Gasteiger partial charge in [-0.2, -0.15) is 0 Å². The van der Waals surface area contributed by atoms with Gasteiger partial charge in [-0.15, -0.1) is 0 Å². The number of sulfonamides is 1. The highest BCUT2D eigenvalue weighted by Gasteiger charge is 2.19. The molecule has 3 rings (SSSR count). The third kappa shape index (κ3) is 5.37. The van der Waals surface area contributed by atoms with Crippen molar-refractivity contribution in [3.8, 4) is 0 Å². The molecule has 7 nitrogen and oxygen atoms in total. The third-order valence-corrected chi connectivity index (χ3v) is 6.38. The monoisotopic (exact) mass is 495 g/mol. The molecule has 3 aromatic carbocycles. The lowest BCUT2D eigenvalue weighted by molar-refractivity contribution is 0.0957. The van der Waals surface area contributed by atoms with Crippen molar-refractivity contribution in [1.29, 1.82) is 0 Å². The van der Waals surface area contributed by atoms with Gasteiger partial charge in [-0.25, -0.2) is 12.8 Å². The molecular formula is C21H16Cl2FN3O4S. The fourth-order valence-electron chi connectivity index (χ4n) is 2.70. The first kappa shape index (κ1) is 23.5. The molecule has 0 aliphatic carbocycles. The molecular weight excluding hydrogens is 480 g/mol. The predicted octanol–water partition coefficient (Wildman–Crippen LogP) is 4.55. The second-order valence-electron chi connectivity index (χ2n) is 6.49. The lowest BCUT2D eigenvalue weighted by Crippen LogP contribution is -2.20. The molecule has 0 unspecified atom stereocenters. The molecule has 0 atom stereocenters. The summed E-state index contributed by atoms with van der Waals surface area (Å²) in [5, 5.41) is 5.09. The Morgan fingerprint density at radius 2 is 1.53 bits per heavy atom. The summed E-state index contributed by atoms with van der Waals surface area (Å²) in [5.41, 5.74) is 0.408. The van der Waals surface area contributed by atoms with E-state index in [1.54, 1.807) is 0 Å². The molecule has 11 heteroatoms. The summed E-state index contributed by atoms with van der Waals surface area (Å²) in [5.74, 6) is -1.89. The predicted molar refractivity (Wildman–Crippen MR) is 121 cm³/mol. The van der Waals surface area contributed by atoms with E-state index in [1.165, 1.54) is 61.6 Å². The van der Waals surface area contributed by atoms with E-state index < -0.39 is 27.7 Å². The van der Waals surface area contributed by atoms with Crippen molar-refractivity contribution in [2.24, 2.45) is 0 Å². The van der Waals surface area contributed by atoms with Gasteiger partial charge in [-0.05, 0) is 60.7 Å². The van der Waals surface area contributed by atoms with Crippen LogP contribution in [-0.2, 0) is 10.0 Å². The Morgan fingerprint density at radius 1 is 0.875 bits per heavy atom. The van der Waals surface area contributed by atoms with Crippen molar-refractivity contribution >= 4 is 56.4 Å². The minimum Gasteiger partial charge on any atom is -0.355 e. The Hall–Kier alpha value is -3.14. The zero-order chi connectivity index (χ0) is 23.5. The molecule has 0 radical (unpaired) electrons. The number of nitrogens with one attached hydrogen (secondary N) is 3. The first-order valence-electron chi connectivity index (χ1n) is 9.01. The van der Waals surface area contributed by atoms with Crippen LogP contribution in [0.4, 0.5) is 15.8 Å². The minimum absolute atomic E-state index is 0.00770. The molecule has 0 saturated carbocycles. The van der Waals surface area contributed by atoms with Gasteiger partial charge < -0.3 is 10.6 Å². The average Bonchev–Trinajstić information content (AvgIpc) is 2.76. The Labute approximate surface area is 193 Å². The number of rotatable bonds is 6. The number of hydrogen-bond donors (Lipinski definition) is 3. The maximum absolute atomic E-state index is 13.8. The standard InChI is InChI=1S/C21H16Cl2FN3O4S/c1-25-21(29)16-11-15(7-9-18(16)24)26-20(28)12-2-5-14(6-3-12)27-32(30,31)19-10-13(22)4-8-17(19)23/h2-11,27H,1H3,(H,25,29)(H,26,28). The van der Waals surface area contributed by atoms with Gasteiger partial charge in [0, 0.05) is 29.0 Å². The highest BCUT2D eigenvalue weighted by molar-refractivity contribution is 7.92. The van der Waals surface area contributed by atoms with Gasteiger partial charge in [0.25, 0.3) is 21.8 Å². The smallest absolute Gasteiger partial charge is 0.263 e. The van der Waals surface area contributed by atoms with Crippen LogP contribution < -0.4 is 15.4 Å². The summed E-state index contributed by atoms with van der Waals surface area (Å²) < 4.78 is 41.3. The number of benzene rings is 3. The van der Waals surface area contributed by atoms with Crippen molar-refractivity contribution in [3.05, 3.63) is 87.7 Å². The van der Waals surface area contributed by atoms with E-state index in [9.17, 15) is 22.4 Å². The van der Waals surface area contributed by atoms with Gasteiger partial charge in [-0.3, -0.25) is 14.3 Å². The van der Waals surface area contributed by atoms with Crippen molar-refractivity contribution in [3.63, 3.8) is 0 Å². The van der Waals surface area contributed by atoms with Crippen LogP contribution in [0.5, 0.6) is 0 Å². The van der Waals surface area contributed by atoms with Crippen molar-refractivity contribution in [1.82, 2.24) is 5.32 Å². The molecule has 3 aromatic rings. The molecule has 0 aliphatic heterocycles. The molecule has 3 N–H and O–H groups in total. The number of amides is 2. The third-order valence-electron chi connectivity index (χ3n) is 4.28. The molecule has 0 aliphatic rings. The lowest BCUT2D eigenvalue weighted by Gasteiger charge is -2.11. The van der Waals surface area contributed by atoms with E-state index in [1.807, 2.05) is 0 Å². The second kappa shape index (κ2) is 9.56. The molecule has 0 heterocycles. The average molecular weight is 496 g/mol. The van der Waals surface area contributed by atoms with Crippen molar-refractivity contribution < 1.29 is 22.4 Å². The van der Waals surface area contributed by atoms with Gasteiger partial charge in [0.15, 0.2) is 0 Å². The first-order chi connectivity index (χ1) is 15.1. The van der Waals surface area contributed by atoms with Crippen LogP contribution in [0.2, 0.25) is 10.0 Å². The summed E-state index contributed by atoms with van der Waals surface area (Å²) in [6.07, 6.45) is 0. The molecule has 2 amide bonds. The number of carbonyl (C=O) groups is 2. The van der Waals surface area contributed by atoms with Crippen molar-refractivity contribution in [2.45, 2.75) is 4.90 Å². The second-order valence-corrected chi connectivity index (χ2v) is 8.98. The SMILES string of the molecule is CNC(=O)c1cc(NC(=O)c2ccc(NS(=O)(=O)c3cc(Cl)ccc3Cl)cc2)ccc1F. The van der Waals surface area contributed by atoms with E-state index in [0.29, 0.717) is 0 Å². The van der Waals surface area contributed by atoms with Crippen LogP contribution in [0.3, 0.4) is 0 Å². The zero-order valence-corrected chi connectivity index (χ0v) is 18.8. The summed E-state index contributed by atoms with van der Waals surface area (Å²) in [6, 6.07) is 13.2. The normalized spacial score (nSPS) is 11.0. The Balaban J connectivity index is 1.75. The quantitative estimate of drug-likeness (QED) is 0.466. The van der Waals surface area contributed by atoms with Gasteiger partial charge in [-0.1, -0.05) is 23.2 Å². The number of hydrogen-bond acceptors (Lipinski definition) is 4. The van der Waals surface area contributed by atoms with Crippen LogP contribution in [0.1, 0.15) is 20.7 Å². The minimum atomic E-state index is -4.01. The Bertz CT molecular complexity index is 1300. The van der Waals surface area contributed by atoms with Gasteiger partial charge in [0.05, 0.1) is 10.6 Å². The summed E-state index contributed by atoms with van der Waals surface area (Å²) in [7, 11) is -2.64. The Kier molecular flexibility index (Phi) is 7.02. The van der Waals surface area contributed by atoms with Gasteiger partial charge in [0.2, 0.25) is 0 Å². The van der Waals surface area contributed by atoms with Gasteiger partial charge >= 0.3 is 0 Å². The number of halogens is 3. The molecule has 0 saturated heterocycles. The summed E-state index contributed by atoms with van der Waals surface area (Å²) in [6.45, 7) is 0. The summed E-state index contributed by atoms with van der Waals surface area (Å²) in [4.78, 5) is 24.0. The summed E-state index contributed by atoms with van der Waals surface area (Å²) >= 11 is 11.8. The molecule has 0 aromatic heterocycles. The number of anilines is 2. The molecule has 0 spiro atoms. The molecule has 32 heavy (non-hydrogen) atoms. The van der Waals surface area contributed by atoms with E-state index in [2.05, 4.69) is 15.4 Å². The molecule has 0 fully saturated rings. The van der Waals surface area contributed by atoms with E-state index in [4.69, 9.17) is 23.2 Å². The highest BCUT2D eigenvalue weighted by Crippen LogP contribution is 2.27. The highest BCUT2D eigenvalue weighted by atomic mass is 35.5. The largest absolute Gasteiger partial charge is 0.355 e. The van der Waals surface area contributed by atoms with E-state index in [0.717, 1.165) is 6.07 Å². The van der Waals surface area contributed by atoms with E-state index in [-0.39, 0.29) is 37.4 Å². The number of carbonyl (C=O) groups excluding carboxylic acids is 2. The van der Waals surface area contributed by atoms with Crippen LogP contribution in [0.25, 0.3) is 0 Å². The fraction of sp³-hybridized carbons (Fsp3) is 0.0476. The van der Waals surface area contributed by atoms with Crippen molar-refractivity contribution in [2.75, 3.05) is 17.1 Å². The Morgan fingerprint density at radius 3 is 2.19 bits per heavy atom. The molecule has 166 valence electrons. The fourth-order valence-corrected chi connectivity index (χ4v) is 4.52. The maximum Gasteiger partial charge on any atom is 0.263 e. The topological polar surface area (TPSA) is 104 Å². The van der Waals surface area contributed by atoms with E-state index >= 15 is 0 Å². The molecule has 0 bridgehead atoms. The van der Waals surface area contributed by atoms with Crippen LogP contribution in [0.15, 0.2) is 65.6 Å². The van der Waals surface area contributed by atoms with Gasteiger partial charge in [0.1, 0.15) is 10.7 Å². The lowest BCUT2D eigenvalue weighted by atomic mass is 10.1. The maximum atomic E-state index is 13.8.